The lowest BCUT2D eigenvalue weighted by atomic mass is 10.3. The van der Waals surface area contributed by atoms with Crippen molar-refractivity contribution in [2.45, 2.75) is 6.54 Å². The van der Waals surface area contributed by atoms with Crippen molar-refractivity contribution in [3.63, 3.8) is 0 Å². The fourth-order valence-corrected chi connectivity index (χ4v) is 2.04. The molecule has 0 aliphatic carbocycles. The molecule has 5 nitrogen and oxygen atoms in total. The van der Waals surface area contributed by atoms with E-state index in [9.17, 15) is 0 Å². The third-order valence-corrected chi connectivity index (χ3v) is 2.82. The molecule has 5 heteroatoms. The largest absolute Gasteiger partial charge is 0.497 e. The molecule has 0 saturated carbocycles. The first-order valence-corrected chi connectivity index (χ1v) is 5.50. The van der Waals surface area contributed by atoms with Crippen LogP contribution < -0.4 is 10.1 Å². The molecule has 0 aliphatic heterocycles. The maximum atomic E-state index is 5.19. The number of rotatable bonds is 3. The Bertz CT molecular complexity index is 668. The van der Waals surface area contributed by atoms with E-state index in [1.165, 1.54) is 0 Å². The van der Waals surface area contributed by atoms with Crippen LogP contribution in [0.5, 0.6) is 5.75 Å². The van der Waals surface area contributed by atoms with Crippen LogP contribution in [-0.2, 0) is 6.54 Å². The molecule has 2 heterocycles. The second-order valence-electron chi connectivity index (χ2n) is 3.97. The summed E-state index contributed by atoms with van der Waals surface area (Å²) < 4.78 is 7.24. The Hall–Kier alpha value is -2.01. The number of imidazole rings is 2. The Morgan fingerprint density at radius 1 is 1.47 bits per heavy atom. The molecule has 0 saturated heterocycles. The second kappa shape index (κ2) is 3.78. The average molecular weight is 230 g/mol. The molecule has 0 aliphatic rings. The van der Waals surface area contributed by atoms with Crippen molar-refractivity contribution < 1.29 is 4.74 Å². The van der Waals surface area contributed by atoms with Crippen molar-refractivity contribution in [2.24, 2.45) is 0 Å². The number of nitrogens with one attached hydrogen (secondary N) is 2. The summed E-state index contributed by atoms with van der Waals surface area (Å²) in [6, 6.07) is 5.90. The SMILES string of the molecule is CNCc1cn2c(nc3cc(OC)ccc32)[nH]1. The minimum absolute atomic E-state index is 0.807. The van der Waals surface area contributed by atoms with Crippen molar-refractivity contribution >= 4 is 16.8 Å². The van der Waals surface area contributed by atoms with Gasteiger partial charge in [-0.3, -0.25) is 4.40 Å². The molecule has 0 bridgehead atoms. The van der Waals surface area contributed by atoms with E-state index in [0.717, 1.165) is 34.8 Å². The Morgan fingerprint density at radius 3 is 3.12 bits per heavy atom. The quantitative estimate of drug-likeness (QED) is 0.717. The molecule has 1 aromatic carbocycles. The monoisotopic (exact) mass is 230 g/mol. The van der Waals surface area contributed by atoms with E-state index in [2.05, 4.69) is 25.9 Å². The van der Waals surface area contributed by atoms with E-state index in [1.807, 2.05) is 25.2 Å². The summed E-state index contributed by atoms with van der Waals surface area (Å²) in [6.45, 7) is 0.807. The molecule has 3 aromatic rings. The predicted molar refractivity (Wildman–Crippen MR) is 66.4 cm³/mol. The zero-order valence-electron chi connectivity index (χ0n) is 9.82. The van der Waals surface area contributed by atoms with Gasteiger partial charge >= 0.3 is 0 Å². The first-order valence-electron chi connectivity index (χ1n) is 5.50. The summed E-state index contributed by atoms with van der Waals surface area (Å²) in [4.78, 5) is 7.80. The van der Waals surface area contributed by atoms with Gasteiger partial charge in [0.1, 0.15) is 5.75 Å². The van der Waals surface area contributed by atoms with Gasteiger partial charge < -0.3 is 15.0 Å². The van der Waals surface area contributed by atoms with Crippen LogP contribution in [0.15, 0.2) is 24.4 Å². The van der Waals surface area contributed by atoms with E-state index in [0.29, 0.717) is 0 Å². The van der Waals surface area contributed by atoms with Crippen molar-refractivity contribution in [2.75, 3.05) is 14.2 Å². The average Bonchev–Trinajstić information content (AvgIpc) is 2.85. The van der Waals surface area contributed by atoms with E-state index in [-0.39, 0.29) is 0 Å². The molecule has 88 valence electrons. The summed E-state index contributed by atoms with van der Waals surface area (Å²) in [5.74, 6) is 1.69. The third-order valence-electron chi connectivity index (χ3n) is 2.82. The number of ether oxygens (including phenoxy) is 1. The number of benzene rings is 1. The Balaban J connectivity index is 2.19. The van der Waals surface area contributed by atoms with E-state index >= 15 is 0 Å². The first-order chi connectivity index (χ1) is 8.31. The summed E-state index contributed by atoms with van der Waals surface area (Å²) in [5.41, 5.74) is 3.14. The number of methoxy groups -OCH3 is 1. The molecule has 2 aromatic heterocycles. The minimum atomic E-state index is 0.807. The van der Waals surface area contributed by atoms with Gasteiger partial charge in [0, 0.05) is 24.5 Å². The van der Waals surface area contributed by atoms with Crippen molar-refractivity contribution in [3.05, 3.63) is 30.1 Å². The number of aromatic amines is 1. The molecular formula is C12H14N4O. The number of hydrogen-bond acceptors (Lipinski definition) is 3. The topological polar surface area (TPSA) is 54.4 Å². The highest BCUT2D eigenvalue weighted by atomic mass is 16.5. The molecule has 0 unspecified atom stereocenters. The van der Waals surface area contributed by atoms with Gasteiger partial charge in [-0.1, -0.05) is 0 Å². The van der Waals surface area contributed by atoms with Crippen LogP contribution >= 0.6 is 0 Å². The number of aromatic nitrogens is 3. The number of H-pyrrole nitrogens is 1. The second-order valence-corrected chi connectivity index (χ2v) is 3.97. The van der Waals surface area contributed by atoms with Gasteiger partial charge in [0.15, 0.2) is 0 Å². The number of fused-ring (bicyclic) bond motifs is 3. The molecule has 0 radical (unpaired) electrons. The standard InChI is InChI=1S/C12H14N4O/c1-13-6-8-7-16-11-4-3-9(17-2)5-10(11)15-12(16)14-8/h3-5,7,13H,6H2,1-2H3,(H,14,15). The molecule has 0 fully saturated rings. The normalized spacial score (nSPS) is 11.4. The van der Waals surface area contributed by atoms with Gasteiger partial charge in [-0.15, -0.1) is 0 Å². The lowest BCUT2D eigenvalue weighted by Gasteiger charge is -1.98. The van der Waals surface area contributed by atoms with Crippen LogP contribution in [0.25, 0.3) is 16.8 Å². The maximum absolute atomic E-state index is 5.19. The smallest absolute Gasteiger partial charge is 0.212 e. The molecule has 0 spiro atoms. The van der Waals surface area contributed by atoms with Gasteiger partial charge in [0.2, 0.25) is 5.78 Å². The number of nitrogens with zero attached hydrogens (tertiary/aromatic N) is 2. The molecule has 0 atom stereocenters. The van der Waals surface area contributed by atoms with Crippen LogP contribution in [0.2, 0.25) is 0 Å². The Kier molecular flexibility index (Phi) is 2.26. The molecule has 0 amide bonds. The summed E-state index contributed by atoms with van der Waals surface area (Å²) in [5, 5.41) is 3.11. The van der Waals surface area contributed by atoms with Gasteiger partial charge in [0.25, 0.3) is 0 Å². The van der Waals surface area contributed by atoms with Gasteiger partial charge in [0.05, 0.1) is 18.1 Å². The summed E-state index contributed by atoms with van der Waals surface area (Å²) in [6.07, 6.45) is 2.06. The minimum Gasteiger partial charge on any atom is -0.497 e. The third kappa shape index (κ3) is 1.55. The van der Waals surface area contributed by atoms with Crippen LogP contribution in [-0.4, -0.2) is 28.5 Å². The van der Waals surface area contributed by atoms with Gasteiger partial charge in [-0.2, -0.15) is 0 Å². The van der Waals surface area contributed by atoms with E-state index in [4.69, 9.17) is 4.74 Å². The first kappa shape index (κ1) is 10.2. The molecule has 2 N–H and O–H groups in total. The van der Waals surface area contributed by atoms with E-state index in [1.54, 1.807) is 7.11 Å². The zero-order chi connectivity index (χ0) is 11.8. The lowest BCUT2D eigenvalue weighted by molar-refractivity contribution is 0.415. The van der Waals surface area contributed by atoms with Gasteiger partial charge in [-0.25, -0.2) is 4.98 Å². The fraction of sp³-hybridized carbons (Fsp3) is 0.250. The zero-order valence-corrected chi connectivity index (χ0v) is 9.82. The van der Waals surface area contributed by atoms with Crippen LogP contribution in [0, 0.1) is 0 Å². The highest BCUT2D eigenvalue weighted by molar-refractivity contribution is 5.81. The van der Waals surface area contributed by atoms with Crippen molar-refractivity contribution in [1.29, 1.82) is 0 Å². The predicted octanol–water partition coefficient (Wildman–Crippen LogP) is 1.54. The Labute approximate surface area is 98.4 Å². The summed E-state index contributed by atoms with van der Waals surface area (Å²) >= 11 is 0. The van der Waals surface area contributed by atoms with Crippen LogP contribution in [0.1, 0.15) is 5.69 Å². The van der Waals surface area contributed by atoms with Gasteiger partial charge in [-0.05, 0) is 19.2 Å². The molecular weight excluding hydrogens is 216 g/mol. The fourth-order valence-electron chi connectivity index (χ4n) is 2.04. The molecule has 17 heavy (non-hydrogen) atoms. The van der Waals surface area contributed by atoms with Crippen LogP contribution in [0.4, 0.5) is 0 Å². The van der Waals surface area contributed by atoms with E-state index < -0.39 is 0 Å². The lowest BCUT2D eigenvalue weighted by Crippen LogP contribution is -2.04. The van der Waals surface area contributed by atoms with Crippen LogP contribution in [0.3, 0.4) is 0 Å². The maximum Gasteiger partial charge on any atom is 0.212 e. The van der Waals surface area contributed by atoms with Crippen molar-refractivity contribution in [3.8, 4) is 5.75 Å². The molecule has 3 rings (SSSR count). The Morgan fingerprint density at radius 2 is 2.35 bits per heavy atom. The summed E-state index contributed by atoms with van der Waals surface area (Å²) in [7, 11) is 3.58. The number of hydrogen-bond donors (Lipinski definition) is 2. The highest BCUT2D eigenvalue weighted by Crippen LogP contribution is 2.21. The van der Waals surface area contributed by atoms with Crippen molar-refractivity contribution in [1.82, 2.24) is 19.7 Å². The highest BCUT2D eigenvalue weighted by Gasteiger charge is 2.08.